The highest BCUT2D eigenvalue weighted by molar-refractivity contribution is 6.13. The van der Waals surface area contributed by atoms with Crippen LogP contribution in [0.4, 0.5) is 5.69 Å². The summed E-state index contributed by atoms with van der Waals surface area (Å²) in [7, 11) is 1.60. The van der Waals surface area contributed by atoms with Gasteiger partial charge in [0.05, 0.1) is 7.11 Å². The molecule has 5 heteroatoms. The second-order valence-electron chi connectivity index (χ2n) is 6.80. The predicted octanol–water partition coefficient (Wildman–Crippen LogP) is 3.35. The number of para-hydroxylation sites is 2. The van der Waals surface area contributed by atoms with E-state index < -0.39 is 5.41 Å². The lowest BCUT2D eigenvalue weighted by atomic mass is 10.0. The Morgan fingerprint density at radius 1 is 1.00 bits per heavy atom. The van der Waals surface area contributed by atoms with Crippen LogP contribution in [0.3, 0.4) is 0 Å². The highest BCUT2D eigenvalue weighted by atomic mass is 16.5. The number of amides is 2. The normalized spacial score (nSPS) is 14.4. The van der Waals surface area contributed by atoms with Crippen LogP contribution in [0.25, 0.3) is 0 Å². The molecule has 0 aliphatic heterocycles. The van der Waals surface area contributed by atoms with Crippen molar-refractivity contribution in [2.75, 3.05) is 12.4 Å². The minimum Gasteiger partial charge on any atom is -0.496 e. The second-order valence-corrected chi connectivity index (χ2v) is 6.80. The van der Waals surface area contributed by atoms with Crippen molar-refractivity contribution in [2.24, 2.45) is 5.41 Å². The molecular weight excluding hydrogens is 328 g/mol. The Balaban J connectivity index is 1.68. The fourth-order valence-electron chi connectivity index (χ4n) is 3.12. The average molecular weight is 352 g/mol. The van der Waals surface area contributed by atoms with E-state index in [9.17, 15) is 9.59 Å². The summed E-state index contributed by atoms with van der Waals surface area (Å²) in [6.07, 6.45) is 1.14. The van der Waals surface area contributed by atoms with Gasteiger partial charge in [-0.1, -0.05) is 36.4 Å². The number of aryl methyl sites for hydroxylation is 2. The van der Waals surface area contributed by atoms with Crippen molar-refractivity contribution in [3.63, 3.8) is 0 Å². The highest BCUT2D eigenvalue weighted by Crippen LogP contribution is 2.47. The molecule has 0 aromatic heterocycles. The fraction of sp³-hybridized carbons (Fsp3) is 0.333. The molecule has 1 fully saturated rings. The van der Waals surface area contributed by atoms with Crippen LogP contribution >= 0.6 is 0 Å². The van der Waals surface area contributed by atoms with Gasteiger partial charge in [-0.2, -0.15) is 0 Å². The van der Waals surface area contributed by atoms with Gasteiger partial charge in [-0.25, -0.2) is 0 Å². The summed E-state index contributed by atoms with van der Waals surface area (Å²) < 4.78 is 5.30. The van der Waals surface area contributed by atoms with Gasteiger partial charge in [-0.15, -0.1) is 0 Å². The van der Waals surface area contributed by atoms with Crippen molar-refractivity contribution in [3.8, 4) is 5.75 Å². The summed E-state index contributed by atoms with van der Waals surface area (Å²) in [6.45, 7) is 4.23. The van der Waals surface area contributed by atoms with E-state index in [2.05, 4.69) is 10.6 Å². The molecule has 0 bridgehead atoms. The number of anilines is 1. The van der Waals surface area contributed by atoms with Crippen molar-refractivity contribution >= 4 is 17.5 Å². The monoisotopic (exact) mass is 352 g/mol. The third-order valence-electron chi connectivity index (χ3n) is 4.97. The zero-order chi connectivity index (χ0) is 18.7. The van der Waals surface area contributed by atoms with Crippen molar-refractivity contribution in [1.29, 1.82) is 0 Å². The van der Waals surface area contributed by atoms with Crippen LogP contribution in [0.15, 0.2) is 42.5 Å². The quantitative estimate of drug-likeness (QED) is 0.784. The van der Waals surface area contributed by atoms with Crippen LogP contribution in [0.2, 0.25) is 0 Å². The van der Waals surface area contributed by atoms with Gasteiger partial charge >= 0.3 is 0 Å². The molecule has 0 heterocycles. The molecular formula is C21H24N2O3. The SMILES string of the molecule is COc1ccccc1CNC(=O)C1(C(=O)Nc2c(C)cccc2C)CC1. The lowest BCUT2D eigenvalue weighted by Gasteiger charge is -2.18. The number of methoxy groups -OCH3 is 1. The van der Waals surface area contributed by atoms with E-state index in [4.69, 9.17) is 4.74 Å². The number of nitrogens with one attached hydrogen (secondary N) is 2. The summed E-state index contributed by atoms with van der Waals surface area (Å²) in [6, 6.07) is 13.4. The van der Waals surface area contributed by atoms with Crippen molar-refractivity contribution in [2.45, 2.75) is 33.2 Å². The Hall–Kier alpha value is -2.82. The number of hydrogen-bond acceptors (Lipinski definition) is 3. The van der Waals surface area contributed by atoms with Gasteiger partial charge in [0.15, 0.2) is 0 Å². The highest BCUT2D eigenvalue weighted by Gasteiger charge is 2.56. The van der Waals surface area contributed by atoms with Crippen LogP contribution < -0.4 is 15.4 Å². The Kier molecular flexibility index (Phi) is 4.98. The van der Waals surface area contributed by atoms with Gasteiger partial charge in [0.25, 0.3) is 0 Å². The van der Waals surface area contributed by atoms with E-state index in [0.717, 1.165) is 28.1 Å². The van der Waals surface area contributed by atoms with Gasteiger partial charge in [-0.3, -0.25) is 9.59 Å². The number of carbonyl (C=O) groups excluding carboxylic acids is 2. The standard InChI is InChI=1S/C21H24N2O3/c1-14-7-6-8-15(2)18(14)23-20(25)21(11-12-21)19(24)22-13-16-9-4-5-10-17(16)26-3/h4-10H,11-13H2,1-3H3,(H,22,24)(H,23,25). The van der Waals surface area contributed by atoms with Gasteiger partial charge in [0.1, 0.15) is 11.2 Å². The molecule has 1 aliphatic rings. The third kappa shape index (κ3) is 3.43. The maximum absolute atomic E-state index is 12.8. The van der Waals surface area contributed by atoms with Crippen molar-refractivity contribution < 1.29 is 14.3 Å². The zero-order valence-electron chi connectivity index (χ0n) is 15.4. The second kappa shape index (κ2) is 7.20. The maximum atomic E-state index is 12.8. The molecule has 0 saturated heterocycles. The van der Waals surface area contributed by atoms with E-state index in [1.54, 1.807) is 7.11 Å². The Labute approximate surface area is 153 Å². The minimum atomic E-state index is -0.962. The van der Waals surface area contributed by atoms with Crippen molar-refractivity contribution in [1.82, 2.24) is 5.32 Å². The molecule has 0 atom stereocenters. The largest absolute Gasteiger partial charge is 0.496 e. The van der Waals surface area contributed by atoms with E-state index in [1.165, 1.54) is 0 Å². The molecule has 1 saturated carbocycles. The number of carbonyl (C=O) groups is 2. The summed E-state index contributed by atoms with van der Waals surface area (Å²) in [4.78, 5) is 25.5. The number of benzene rings is 2. The van der Waals surface area contributed by atoms with E-state index in [1.807, 2.05) is 56.3 Å². The first kappa shape index (κ1) is 18.0. The van der Waals surface area contributed by atoms with Crippen LogP contribution in [-0.2, 0) is 16.1 Å². The molecule has 0 radical (unpaired) electrons. The Morgan fingerprint density at radius 3 is 2.27 bits per heavy atom. The summed E-state index contributed by atoms with van der Waals surface area (Å²) in [5.41, 5.74) is 2.69. The van der Waals surface area contributed by atoms with Crippen LogP contribution in [-0.4, -0.2) is 18.9 Å². The number of rotatable bonds is 6. The van der Waals surface area contributed by atoms with Gasteiger partial charge < -0.3 is 15.4 Å². The molecule has 2 amide bonds. The molecule has 0 unspecified atom stereocenters. The molecule has 3 rings (SSSR count). The van der Waals surface area contributed by atoms with E-state index in [-0.39, 0.29) is 11.8 Å². The molecule has 0 spiro atoms. The lowest BCUT2D eigenvalue weighted by molar-refractivity contribution is -0.134. The fourth-order valence-corrected chi connectivity index (χ4v) is 3.12. The zero-order valence-corrected chi connectivity index (χ0v) is 15.4. The minimum absolute atomic E-state index is 0.229. The molecule has 1 aliphatic carbocycles. The summed E-state index contributed by atoms with van der Waals surface area (Å²) in [5.74, 6) is 0.261. The lowest BCUT2D eigenvalue weighted by Crippen LogP contribution is -2.39. The van der Waals surface area contributed by atoms with Crippen LogP contribution in [0.5, 0.6) is 5.75 Å². The number of hydrogen-bond donors (Lipinski definition) is 2. The summed E-state index contributed by atoms with van der Waals surface area (Å²) >= 11 is 0. The van der Waals surface area contributed by atoms with Gasteiger partial charge in [-0.05, 0) is 43.9 Å². The van der Waals surface area contributed by atoms with Crippen LogP contribution in [0, 0.1) is 19.3 Å². The molecule has 136 valence electrons. The van der Waals surface area contributed by atoms with E-state index >= 15 is 0 Å². The Bertz CT molecular complexity index is 821. The first-order chi connectivity index (χ1) is 12.5. The molecule has 26 heavy (non-hydrogen) atoms. The molecule has 2 aromatic carbocycles. The molecule has 5 nitrogen and oxygen atoms in total. The van der Waals surface area contributed by atoms with Crippen LogP contribution in [0.1, 0.15) is 29.5 Å². The summed E-state index contributed by atoms with van der Waals surface area (Å²) in [5, 5.41) is 5.85. The first-order valence-corrected chi connectivity index (χ1v) is 8.76. The molecule has 2 aromatic rings. The number of ether oxygens (including phenoxy) is 1. The van der Waals surface area contributed by atoms with Gasteiger partial charge in [0.2, 0.25) is 11.8 Å². The first-order valence-electron chi connectivity index (χ1n) is 8.76. The predicted molar refractivity (Wildman–Crippen MR) is 101 cm³/mol. The average Bonchev–Trinajstić information content (AvgIpc) is 3.45. The topological polar surface area (TPSA) is 67.4 Å². The van der Waals surface area contributed by atoms with E-state index in [0.29, 0.717) is 19.4 Å². The maximum Gasteiger partial charge on any atom is 0.240 e. The Morgan fingerprint density at radius 2 is 1.65 bits per heavy atom. The van der Waals surface area contributed by atoms with Gasteiger partial charge in [0, 0.05) is 17.8 Å². The van der Waals surface area contributed by atoms with Crippen molar-refractivity contribution in [3.05, 3.63) is 59.2 Å². The third-order valence-corrected chi connectivity index (χ3v) is 4.97. The molecule has 2 N–H and O–H groups in total. The smallest absolute Gasteiger partial charge is 0.240 e.